The molecule has 2 N–H and O–H groups in total. The van der Waals surface area contributed by atoms with Gasteiger partial charge < -0.3 is 10.5 Å². The molecule has 0 atom stereocenters. The maximum absolute atomic E-state index is 6.42. The largest absolute Gasteiger partial charge is 0.461 e. The second-order valence-corrected chi connectivity index (χ2v) is 9.51. The third-order valence-electron chi connectivity index (χ3n) is 5.51. The van der Waals surface area contributed by atoms with Crippen LogP contribution in [0.5, 0.6) is 5.75 Å². The van der Waals surface area contributed by atoms with E-state index >= 15 is 0 Å². The van der Waals surface area contributed by atoms with Gasteiger partial charge in [-0.3, -0.25) is 0 Å². The SMILES string of the molecule is CC1(C)CC(SCc2ccccc2)=CC2=C1Oc1ccc(CCCN)cc1C2. The Kier molecular flexibility index (Phi) is 5.65. The molecule has 2 aliphatic rings. The molecule has 0 unspecified atom stereocenters. The minimum Gasteiger partial charge on any atom is -0.461 e. The molecule has 0 saturated heterocycles. The lowest BCUT2D eigenvalue weighted by Gasteiger charge is -2.37. The van der Waals surface area contributed by atoms with Crippen LogP contribution in [0, 0.1) is 5.41 Å². The third kappa shape index (κ3) is 4.21. The lowest BCUT2D eigenvalue weighted by molar-refractivity contribution is 0.257. The number of allylic oxidation sites excluding steroid dienone is 4. The predicted molar refractivity (Wildman–Crippen MR) is 119 cm³/mol. The van der Waals surface area contributed by atoms with E-state index in [1.165, 1.54) is 27.2 Å². The minimum atomic E-state index is 0.0268. The molecule has 2 nitrogen and oxygen atoms in total. The number of hydrogen-bond donors (Lipinski definition) is 1. The lowest BCUT2D eigenvalue weighted by Crippen LogP contribution is -2.27. The van der Waals surface area contributed by atoms with Crippen LogP contribution in [0.25, 0.3) is 0 Å². The summed E-state index contributed by atoms with van der Waals surface area (Å²) >= 11 is 1.96. The third-order valence-corrected chi connectivity index (χ3v) is 6.62. The van der Waals surface area contributed by atoms with Gasteiger partial charge in [-0.05, 0) is 65.1 Å². The van der Waals surface area contributed by atoms with E-state index in [4.69, 9.17) is 10.5 Å². The molecule has 0 bridgehead atoms. The molecule has 3 heteroatoms. The van der Waals surface area contributed by atoms with Crippen molar-refractivity contribution in [2.24, 2.45) is 11.1 Å². The van der Waals surface area contributed by atoms with E-state index in [1.807, 2.05) is 11.8 Å². The highest BCUT2D eigenvalue weighted by atomic mass is 32.2. The van der Waals surface area contributed by atoms with Crippen LogP contribution in [0.1, 0.15) is 43.4 Å². The number of thioether (sulfide) groups is 1. The Morgan fingerprint density at radius 3 is 2.68 bits per heavy atom. The van der Waals surface area contributed by atoms with E-state index in [1.54, 1.807) is 0 Å². The molecule has 1 aliphatic heterocycles. The van der Waals surface area contributed by atoms with Crippen molar-refractivity contribution in [2.75, 3.05) is 6.54 Å². The predicted octanol–water partition coefficient (Wildman–Crippen LogP) is 6.01. The molecule has 2 aromatic carbocycles. The van der Waals surface area contributed by atoms with Crippen LogP contribution in [0.3, 0.4) is 0 Å². The smallest absolute Gasteiger partial charge is 0.130 e. The second-order valence-electron chi connectivity index (χ2n) is 8.41. The van der Waals surface area contributed by atoms with Crippen molar-refractivity contribution in [3.8, 4) is 5.75 Å². The molecule has 0 fully saturated rings. The van der Waals surface area contributed by atoms with Gasteiger partial charge in [0.2, 0.25) is 0 Å². The van der Waals surface area contributed by atoms with Gasteiger partial charge in [-0.25, -0.2) is 0 Å². The average molecular weight is 392 g/mol. The van der Waals surface area contributed by atoms with Gasteiger partial charge in [-0.15, -0.1) is 11.8 Å². The van der Waals surface area contributed by atoms with Gasteiger partial charge in [0.1, 0.15) is 11.5 Å². The summed E-state index contributed by atoms with van der Waals surface area (Å²) in [5.41, 5.74) is 11.1. The Balaban J connectivity index is 1.55. The molecular formula is C25H29NOS. The van der Waals surface area contributed by atoms with Gasteiger partial charge in [-0.2, -0.15) is 0 Å². The monoisotopic (exact) mass is 391 g/mol. The van der Waals surface area contributed by atoms with E-state index < -0.39 is 0 Å². The average Bonchev–Trinajstić information content (AvgIpc) is 2.70. The van der Waals surface area contributed by atoms with Crippen molar-refractivity contribution in [3.63, 3.8) is 0 Å². The Labute approximate surface area is 172 Å². The van der Waals surface area contributed by atoms with E-state index in [2.05, 4.69) is 68.5 Å². The van der Waals surface area contributed by atoms with Gasteiger partial charge in [0.05, 0.1) is 0 Å². The quantitative estimate of drug-likeness (QED) is 0.654. The first-order chi connectivity index (χ1) is 13.5. The summed E-state index contributed by atoms with van der Waals surface area (Å²) in [5.74, 6) is 3.20. The first-order valence-electron chi connectivity index (χ1n) is 10.2. The number of hydrogen-bond acceptors (Lipinski definition) is 3. The fourth-order valence-corrected chi connectivity index (χ4v) is 5.32. The zero-order valence-electron chi connectivity index (χ0n) is 16.8. The Morgan fingerprint density at radius 1 is 1.07 bits per heavy atom. The van der Waals surface area contributed by atoms with E-state index in [-0.39, 0.29) is 5.41 Å². The zero-order chi connectivity index (χ0) is 19.6. The maximum atomic E-state index is 6.42. The number of ether oxygens (including phenoxy) is 1. The van der Waals surface area contributed by atoms with Gasteiger partial charge >= 0.3 is 0 Å². The Bertz CT molecular complexity index is 911. The molecule has 0 saturated carbocycles. The van der Waals surface area contributed by atoms with Crippen molar-refractivity contribution >= 4 is 11.8 Å². The summed E-state index contributed by atoms with van der Waals surface area (Å²) in [6.45, 7) is 5.35. The zero-order valence-corrected chi connectivity index (χ0v) is 17.6. The number of benzene rings is 2. The highest BCUT2D eigenvalue weighted by molar-refractivity contribution is 8.02. The molecule has 4 rings (SSSR count). The summed E-state index contributed by atoms with van der Waals surface area (Å²) in [4.78, 5) is 1.46. The fourth-order valence-electron chi connectivity index (χ4n) is 4.09. The molecule has 0 aromatic heterocycles. The van der Waals surface area contributed by atoms with Crippen molar-refractivity contribution in [1.29, 1.82) is 0 Å². The standard InChI is InChI=1S/C25H29NOS/c1-25(2)16-22(28-17-19-7-4-3-5-8-19)15-21-14-20-13-18(9-6-12-26)10-11-23(20)27-24(21)25/h3-5,7-8,10-11,13,15H,6,9,12,14,16-17,26H2,1-2H3. The van der Waals surface area contributed by atoms with Crippen molar-refractivity contribution < 1.29 is 4.74 Å². The van der Waals surface area contributed by atoms with Crippen LogP contribution in [-0.2, 0) is 18.6 Å². The van der Waals surface area contributed by atoms with Crippen molar-refractivity contribution in [2.45, 2.75) is 45.3 Å². The molecule has 146 valence electrons. The van der Waals surface area contributed by atoms with Crippen LogP contribution < -0.4 is 10.5 Å². The topological polar surface area (TPSA) is 35.2 Å². The van der Waals surface area contributed by atoms with E-state index in [0.717, 1.165) is 49.5 Å². The van der Waals surface area contributed by atoms with Crippen LogP contribution in [-0.4, -0.2) is 6.54 Å². The summed E-state index contributed by atoms with van der Waals surface area (Å²) < 4.78 is 6.42. The normalized spacial score (nSPS) is 17.5. The fraction of sp³-hybridized carbons (Fsp3) is 0.360. The van der Waals surface area contributed by atoms with Gasteiger partial charge in [-0.1, -0.05) is 56.3 Å². The van der Waals surface area contributed by atoms with Crippen LogP contribution in [0.4, 0.5) is 0 Å². The molecular weight excluding hydrogens is 362 g/mol. The maximum Gasteiger partial charge on any atom is 0.130 e. The molecule has 1 heterocycles. The summed E-state index contributed by atoms with van der Waals surface area (Å²) in [5, 5.41) is 0. The first-order valence-corrected chi connectivity index (χ1v) is 11.1. The van der Waals surface area contributed by atoms with E-state index in [9.17, 15) is 0 Å². The van der Waals surface area contributed by atoms with Crippen LogP contribution >= 0.6 is 11.8 Å². The Morgan fingerprint density at radius 2 is 1.89 bits per heavy atom. The lowest BCUT2D eigenvalue weighted by atomic mass is 9.78. The van der Waals surface area contributed by atoms with Gasteiger partial charge in [0, 0.05) is 17.6 Å². The summed E-state index contributed by atoms with van der Waals surface area (Å²) in [7, 11) is 0. The minimum absolute atomic E-state index is 0.0268. The molecule has 0 amide bonds. The number of nitrogens with two attached hydrogens (primary N) is 1. The van der Waals surface area contributed by atoms with Crippen molar-refractivity contribution in [1.82, 2.24) is 0 Å². The van der Waals surface area contributed by atoms with Crippen LogP contribution in [0.2, 0.25) is 0 Å². The number of aryl methyl sites for hydroxylation is 1. The van der Waals surface area contributed by atoms with Crippen LogP contribution in [0.15, 0.2) is 70.8 Å². The number of fused-ring (bicyclic) bond motifs is 1. The Hall–Kier alpha value is -1.97. The van der Waals surface area contributed by atoms with Crippen molar-refractivity contribution in [3.05, 3.63) is 87.5 Å². The van der Waals surface area contributed by atoms with Gasteiger partial charge in [0.25, 0.3) is 0 Å². The second kappa shape index (κ2) is 8.18. The molecule has 0 radical (unpaired) electrons. The van der Waals surface area contributed by atoms with E-state index in [0.29, 0.717) is 0 Å². The highest BCUT2D eigenvalue weighted by Crippen LogP contribution is 2.48. The molecule has 28 heavy (non-hydrogen) atoms. The first kappa shape index (κ1) is 19.4. The molecule has 0 spiro atoms. The molecule has 2 aromatic rings. The van der Waals surface area contributed by atoms with Gasteiger partial charge in [0.15, 0.2) is 0 Å². The summed E-state index contributed by atoms with van der Waals surface area (Å²) in [6, 6.07) is 17.4. The highest BCUT2D eigenvalue weighted by Gasteiger charge is 2.35. The number of rotatable bonds is 6. The molecule has 1 aliphatic carbocycles. The summed E-state index contributed by atoms with van der Waals surface area (Å²) in [6.07, 6.45) is 6.44.